The van der Waals surface area contributed by atoms with Gasteiger partial charge in [-0.15, -0.1) is 0 Å². The summed E-state index contributed by atoms with van der Waals surface area (Å²) < 4.78 is 10.0. The molecule has 0 aromatic carbocycles. The summed E-state index contributed by atoms with van der Waals surface area (Å²) in [5.41, 5.74) is 0.124. The lowest BCUT2D eigenvalue weighted by Gasteiger charge is -2.41. The minimum absolute atomic E-state index is 0.0378. The van der Waals surface area contributed by atoms with Gasteiger partial charge in [0.1, 0.15) is 6.26 Å². The molecule has 3 rings (SSSR count). The number of hydrogen-bond acceptors (Lipinski definition) is 6. The first kappa shape index (κ1) is 15.3. The lowest BCUT2D eigenvalue weighted by molar-refractivity contribution is -0.140. The van der Waals surface area contributed by atoms with Gasteiger partial charge in [-0.1, -0.05) is 5.16 Å². The molecule has 1 aliphatic rings. The van der Waals surface area contributed by atoms with Gasteiger partial charge < -0.3 is 19.4 Å². The molecule has 1 amide bonds. The number of carbonyl (C=O) groups excluding carboxylic acids is 1. The molecule has 0 atom stereocenters. The van der Waals surface area contributed by atoms with Crippen LogP contribution in [0, 0.1) is 0 Å². The zero-order valence-electron chi connectivity index (χ0n) is 12.4. The number of hydrogen-bond donors (Lipinski definition) is 2. The SMILES string of the molecule is O=C(O)CC1(NC(=O)CCc2nc(-c3ccoc3)no2)CCC1. The van der Waals surface area contributed by atoms with Crippen LogP contribution in [0.15, 0.2) is 27.5 Å². The second-order valence-corrected chi connectivity index (χ2v) is 5.78. The number of aliphatic carboxylic acids is 1. The predicted octanol–water partition coefficient (Wildman–Crippen LogP) is 1.78. The van der Waals surface area contributed by atoms with E-state index in [9.17, 15) is 9.59 Å². The van der Waals surface area contributed by atoms with Crippen LogP contribution in [0.3, 0.4) is 0 Å². The van der Waals surface area contributed by atoms with Crippen molar-refractivity contribution < 1.29 is 23.6 Å². The van der Waals surface area contributed by atoms with Crippen LogP contribution in [0.1, 0.15) is 38.0 Å². The molecule has 0 bridgehead atoms. The normalized spacial score (nSPS) is 15.8. The number of carboxylic acid groups (broad SMARTS) is 1. The maximum absolute atomic E-state index is 12.0. The number of nitrogens with zero attached hydrogens (tertiary/aromatic N) is 2. The average Bonchev–Trinajstić information content (AvgIpc) is 3.13. The molecule has 0 radical (unpaired) electrons. The van der Waals surface area contributed by atoms with Crippen molar-refractivity contribution in [2.75, 3.05) is 0 Å². The summed E-state index contributed by atoms with van der Waals surface area (Å²) in [7, 11) is 0. The maximum atomic E-state index is 12.0. The third-order valence-corrected chi connectivity index (χ3v) is 4.02. The van der Waals surface area contributed by atoms with Gasteiger partial charge in [0, 0.05) is 12.8 Å². The first-order valence-electron chi connectivity index (χ1n) is 7.44. The highest BCUT2D eigenvalue weighted by Crippen LogP contribution is 2.35. The molecule has 8 nitrogen and oxygen atoms in total. The van der Waals surface area contributed by atoms with Crippen molar-refractivity contribution in [1.29, 1.82) is 0 Å². The molecule has 2 aromatic rings. The number of carbonyl (C=O) groups is 2. The van der Waals surface area contributed by atoms with E-state index in [0.717, 1.165) is 6.42 Å². The maximum Gasteiger partial charge on any atom is 0.305 e. The van der Waals surface area contributed by atoms with Crippen molar-refractivity contribution >= 4 is 11.9 Å². The van der Waals surface area contributed by atoms with Gasteiger partial charge in [0.15, 0.2) is 0 Å². The molecule has 8 heteroatoms. The zero-order valence-corrected chi connectivity index (χ0v) is 12.4. The Kier molecular flexibility index (Phi) is 4.14. The Balaban J connectivity index is 1.52. The van der Waals surface area contributed by atoms with Gasteiger partial charge in [0.25, 0.3) is 0 Å². The first-order chi connectivity index (χ1) is 11.1. The topological polar surface area (TPSA) is 118 Å². The van der Waals surface area contributed by atoms with Crippen LogP contribution < -0.4 is 5.32 Å². The number of amides is 1. The van der Waals surface area contributed by atoms with Crippen molar-refractivity contribution in [3.05, 3.63) is 24.5 Å². The molecule has 0 aliphatic heterocycles. The molecule has 2 heterocycles. The number of rotatable bonds is 7. The highest BCUT2D eigenvalue weighted by Gasteiger charge is 2.40. The van der Waals surface area contributed by atoms with E-state index < -0.39 is 11.5 Å². The summed E-state index contributed by atoms with van der Waals surface area (Å²) in [6, 6.07) is 1.72. The van der Waals surface area contributed by atoms with Gasteiger partial charge in [0.05, 0.1) is 23.8 Å². The largest absolute Gasteiger partial charge is 0.481 e. The Bertz CT molecular complexity index is 688. The summed E-state index contributed by atoms with van der Waals surface area (Å²) in [5, 5.41) is 15.6. The van der Waals surface area contributed by atoms with Crippen LogP contribution in [0.2, 0.25) is 0 Å². The second kappa shape index (κ2) is 6.23. The molecular weight excluding hydrogens is 302 g/mol. The van der Waals surface area contributed by atoms with Crippen molar-refractivity contribution in [1.82, 2.24) is 15.5 Å². The van der Waals surface area contributed by atoms with E-state index in [1.165, 1.54) is 12.5 Å². The molecule has 0 spiro atoms. The minimum atomic E-state index is -0.897. The third-order valence-electron chi connectivity index (χ3n) is 4.02. The van der Waals surface area contributed by atoms with E-state index in [1.54, 1.807) is 6.07 Å². The van der Waals surface area contributed by atoms with Crippen LogP contribution in [-0.2, 0) is 16.0 Å². The van der Waals surface area contributed by atoms with Gasteiger partial charge in [0.2, 0.25) is 17.6 Å². The van der Waals surface area contributed by atoms with Gasteiger partial charge in [-0.3, -0.25) is 9.59 Å². The van der Waals surface area contributed by atoms with E-state index in [0.29, 0.717) is 36.5 Å². The fourth-order valence-electron chi connectivity index (χ4n) is 2.68. The van der Waals surface area contributed by atoms with Crippen molar-refractivity contribution in [2.45, 2.75) is 44.1 Å². The van der Waals surface area contributed by atoms with Crippen molar-refractivity contribution in [3.8, 4) is 11.4 Å². The standard InChI is InChI=1S/C15H17N3O5/c19-11(17-15(5-1-6-15)8-13(20)21)2-3-12-16-14(18-23-12)10-4-7-22-9-10/h4,7,9H,1-3,5-6,8H2,(H,17,19)(H,20,21). The van der Waals surface area contributed by atoms with E-state index in [1.807, 2.05) is 0 Å². The molecule has 1 fully saturated rings. The van der Waals surface area contributed by atoms with Crippen LogP contribution in [0.4, 0.5) is 0 Å². The van der Waals surface area contributed by atoms with Gasteiger partial charge in [-0.25, -0.2) is 0 Å². The minimum Gasteiger partial charge on any atom is -0.481 e. The van der Waals surface area contributed by atoms with Crippen LogP contribution in [-0.4, -0.2) is 32.7 Å². The molecule has 1 aliphatic carbocycles. The van der Waals surface area contributed by atoms with Crippen LogP contribution in [0.5, 0.6) is 0 Å². The van der Waals surface area contributed by atoms with Gasteiger partial charge >= 0.3 is 5.97 Å². The molecule has 2 N–H and O–H groups in total. The fourth-order valence-corrected chi connectivity index (χ4v) is 2.68. The number of aromatic nitrogens is 2. The number of nitrogens with one attached hydrogen (secondary N) is 1. The third kappa shape index (κ3) is 3.58. The summed E-state index contributed by atoms with van der Waals surface area (Å²) >= 11 is 0. The lowest BCUT2D eigenvalue weighted by Crippen LogP contribution is -2.54. The Morgan fingerprint density at radius 3 is 2.83 bits per heavy atom. The van der Waals surface area contributed by atoms with E-state index in [-0.39, 0.29) is 18.7 Å². The van der Waals surface area contributed by atoms with Gasteiger partial charge in [-0.05, 0) is 25.3 Å². The lowest BCUT2D eigenvalue weighted by atomic mass is 9.74. The van der Waals surface area contributed by atoms with Gasteiger partial charge in [-0.2, -0.15) is 4.98 Å². The van der Waals surface area contributed by atoms with Crippen molar-refractivity contribution in [3.63, 3.8) is 0 Å². The molecule has 2 aromatic heterocycles. The molecule has 0 saturated heterocycles. The quantitative estimate of drug-likeness (QED) is 0.798. The zero-order chi connectivity index (χ0) is 16.3. The van der Waals surface area contributed by atoms with Crippen LogP contribution in [0.25, 0.3) is 11.4 Å². The molecule has 0 unspecified atom stereocenters. The van der Waals surface area contributed by atoms with E-state index in [2.05, 4.69) is 15.5 Å². The van der Waals surface area contributed by atoms with E-state index >= 15 is 0 Å². The second-order valence-electron chi connectivity index (χ2n) is 5.78. The highest BCUT2D eigenvalue weighted by molar-refractivity contribution is 5.78. The fraction of sp³-hybridized carbons (Fsp3) is 0.467. The smallest absolute Gasteiger partial charge is 0.305 e. The number of furan rings is 1. The summed E-state index contributed by atoms with van der Waals surface area (Å²) in [4.78, 5) is 27.1. The Labute approximate surface area is 131 Å². The molecule has 23 heavy (non-hydrogen) atoms. The molecular formula is C15H17N3O5. The molecule has 122 valence electrons. The highest BCUT2D eigenvalue weighted by atomic mass is 16.5. The Hall–Kier alpha value is -2.64. The number of carboxylic acids is 1. The average molecular weight is 319 g/mol. The van der Waals surface area contributed by atoms with E-state index in [4.69, 9.17) is 14.0 Å². The summed E-state index contributed by atoms with van der Waals surface area (Å²) in [6.07, 6.45) is 5.81. The Morgan fingerprint density at radius 1 is 1.39 bits per heavy atom. The van der Waals surface area contributed by atoms with Crippen LogP contribution >= 0.6 is 0 Å². The summed E-state index contributed by atoms with van der Waals surface area (Å²) in [6.45, 7) is 0. The van der Waals surface area contributed by atoms with Crippen molar-refractivity contribution in [2.24, 2.45) is 0 Å². The molecule has 1 saturated carbocycles. The number of aryl methyl sites for hydroxylation is 1. The Morgan fingerprint density at radius 2 is 2.22 bits per heavy atom. The predicted molar refractivity (Wildman–Crippen MR) is 77.3 cm³/mol. The monoisotopic (exact) mass is 319 g/mol. The first-order valence-corrected chi connectivity index (χ1v) is 7.44. The summed E-state index contributed by atoms with van der Waals surface area (Å²) in [5.74, 6) is -0.326.